The van der Waals surface area contributed by atoms with Gasteiger partial charge in [0, 0.05) is 40.4 Å². The van der Waals surface area contributed by atoms with E-state index in [1.807, 2.05) is 6.20 Å². The molecule has 4 aromatic rings. The second-order valence-corrected chi connectivity index (χ2v) is 8.36. The molecule has 32 heavy (non-hydrogen) atoms. The number of nitrogen functional groups attached to an aromatic ring is 1. The number of rotatable bonds is 6. The van der Waals surface area contributed by atoms with Crippen molar-refractivity contribution in [1.82, 2.24) is 20.5 Å². The molecule has 0 amide bonds. The average molecular weight is 456 g/mol. The van der Waals surface area contributed by atoms with Gasteiger partial charge >= 0.3 is 0 Å². The number of aromatic amines is 1. The number of fused-ring (bicyclic) bond motifs is 1. The Morgan fingerprint density at radius 3 is 2.88 bits per heavy atom. The van der Waals surface area contributed by atoms with Crippen molar-refractivity contribution < 1.29 is 13.5 Å². The fourth-order valence-electron chi connectivity index (χ4n) is 4.25. The number of furan rings is 1. The monoisotopic (exact) mass is 455 g/mol. The molecule has 0 radical (unpaired) electrons. The summed E-state index contributed by atoms with van der Waals surface area (Å²) in [5.41, 5.74) is 10.1. The maximum Gasteiger partial charge on any atom is 0.205 e. The Balaban J connectivity index is 1.41. The molecule has 0 aliphatic carbocycles. The third-order valence-electron chi connectivity index (χ3n) is 5.94. The molecule has 1 aliphatic heterocycles. The maximum absolute atomic E-state index is 14.1. The van der Waals surface area contributed by atoms with Gasteiger partial charge < -0.3 is 20.2 Å². The van der Waals surface area contributed by atoms with Crippen LogP contribution in [0.2, 0.25) is 5.02 Å². The van der Waals surface area contributed by atoms with E-state index in [1.54, 1.807) is 24.6 Å². The summed E-state index contributed by atoms with van der Waals surface area (Å²) in [7, 11) is 0. The first kappa shape index (κ1) is 20.8. The quantitative estimate of drug-likeness (QED) is 0.390. The van der Waals surface area contributed by atoms with Crippen molar-refractivity contribution in [3.05, 3.63) is 59.0 Å². The lowest BCUT2D eigenvalue weighted by Crippen LogP contribution is -2.27. The number of H-pyrrole nitrogens is 1. The van der Waals surface area contributed by atoms with Gasteiger partial charge in [0.25, 0.3) is 0 Å². The number of pyridine rings is 1. The number of piperidine rings is 1. The predicted molar refractivity (Wildman–Crippen MR) is 121 cm³/mol. The van der Waals surface area contributed by atoms with Crippen LogP contribution in [0.4, 0.5) is 10.2 Å². The largest absolute Gasteiger partial charge is 0.486 e. The zero-order valence-corrected chi connectivity index (χ0v) is 18.1. The van der Waals surface area contributed by atoms with Crippen LogP contribution in [0, 0.1) is 5.82 Å². The van der Waals surface area contributed by atoms with Gasteiger partial charge in [-0.25, -0.2) is 9.37 Å². The first-order valence-electron chi connectivity index (χ1n) is 10.6. The van der Waals surface area contributed by atoms with Crippen molar-refractivity contribution >= 4 is 28.4 Å². The van der Waals surface area contributed by atoms with E-state index in [1.165, 1.54) is 6.07 Å². The number of hydrogen-bond acceptors (Lipinski definition) is 6. The first-order chi connectivity index (χ1) is 15.6. The lowest BCUT2D eigenvalue weighted by atomic mass is 9.90. The highest BCUT2D eigenvalue weighted by Gasteiger charge is 2.24. The van der Waals surface area contributed by atoms with Crippen LogP contribution in [0.3, 0.4) is 0 Å². The van der Waals surface area contributed by atoms with Crippen LogP contribution < -0.4 is 15.8 Å². The molecule has 1 fully saturated rings. The summed E-state index contributed by atoms with van der Waals surface area (Å²) in [6.07, 6.45) is 7.65. The van der Waals surface area contributed by atoms with E-state index in [4.69, 9.17) is 26.5 Å². The summed E-state index contributed by atoms with van der Waals surface area (Å²) < 4.78 is 25.8. The molecule has 1 saturated heterocycles. The van der Waals surface area contributed by atoms with Gasteiger partial charge in [0.2, 0.25) is 5.75 Å². The highest BCUT2D eigenvalue weighted by molar-refractivity contribution is 6.30. The lowest BCUT2D eigenvalue weighted by molar-refractivity contribution is 0.319. The molecular weight excluding hydrogens is 433 g/mol. The predicted octanol–water partition coefficient (Wildman–Crippen LogP) is 4.68. The molecule has 166 valence electrons. The van der Waals surface area contributed by atoms with Gasteiger partial charge in [-0.05, 0) is 43.6 Å². The molecule has 7 nitrogen and oxygen atoms in total. The average Bonchev–Trinajstić information content (AvgIpc) is 3.44. The van der Waals surface area contributed by atoms with Crippen LogP contribution in [0.1, 0.15) is 30.0 Å². The number of nitrogens with zero attached hydrogens (tertiary/aromatic N) is 2. The van der Waals surface area contributed by atoms with Gasteiger partial charge in [-0.2, -0.15) is 5.10 Å². The van der Waals surface area contributed by atoms with Crippen LogP contribution in [0.25, 0.3) is 22.1 Å². The maximum atomic E-state index is 14.1. The number of aromatic nitrogens is 3. The normalized spacial score (nSPS) is 14.8. The van der Waals surface area contributed by atoms with Crippen molar-refractivity contribution in [2.75, 3.05) is 25.4 Å². The molecular formula is C23H23ClFN5O2. The Labute approximate surface area is 189 Å². The molecule has 0 saturated carbocycles. The van der Waals surface area contributed by atoms with Gasteiger partial charge in [-0.3, -0.25) is 5.10 Å². The minimum absolute atomic E-state index is 0.214. The van der Waals surface area contributed by atoms with Gasteiger partial charge in [0.1, 0.15) is 12.1 Å². The van der Waals surface area contributed by atoms with Crippen LogP contribution in [-0.4, -0.2) is 34.9 Å². The van der Waals surface area contributed by atoms with Crippen LogP contribution in [0.5, 0.6) is 5.75 Å². The molecule has 4 N–H and O–H groups in total. The summed E-state index contributed by atoms with van der Waals surface area (Å²) in [4.78, 5) is 4.31. The van der Waals surface area contributed by atoms with Crippen molar-refractivity contribution in [2.24, 2.45) is 0 Å². The van der Waals surface area contributed by atoms with Gasteiger partial charge in [0.05, 0.1) is 18.2 Å². The topological polar surface area (TPSA) is 102 Å². The van der Waals surface area contributed by atoms with E-state index in [0.29, 0.717) is 34.3 Å². The Bertz CT molecular complexity index is 1250. The summed E-state index contributed by atoms with van der Waals surface area (Å²) in [5.74, 6) is 0.623. The van der Waals surface area contributed by atoms with Gasteiger partial charge in [-0.1, -0.05) is 17.7 Å². The lowest BCUT2D eigenvalue weighted by Gasteiger charge is -2.22. The fourth-order valence-corrected chi connectivity index (χ4v) is 4.41. The molecule has 9 heteroatoms. The third kappa shape index (κ3) is 3.91. The molecule has 3 aromatic heterocycles. The van der Waals surface area contributed by atoms with E-state index in [0.717, 1.165) is 48.1 Å². The van der Waals surface area contributed by atoms with Crippen molar-refractivity contribution in [3.63, 3.8) is 0 Å². The van der Waals surface area contributed by atoms with Crippen molar-refractivity contribution in [3.8, 4) is 16.9 Å². The SMILES string of the molecule is Nc1ncc2c(-c3cn[nH]c3C3CCNCC3)coc2c1OCCc1ccc(Cl)cc1F. The molecule has 0 atom stereocenters. The zero-order chi connectivity index (χ0) is 22.1. The molecule has 0 unspecified atom stereocenters. The summed E-state index contributed by atoms with van der Waals surface area (Å²) in [6.45, 7) is 2.19. The Kier molecular flexibility index (Phi) is 5.71. The molecule has 4 heterocycles. The summed E-state index contributed by atoms with van der Waals surface area (Å²) in [5, 5.41) is 12.0. The first-order valence-corrected chi connectivity index (χ1v) is 11.0. The number of ether oxygens (including phenoxy) is 1. The third-order valence-corrected chi connectivity index (χ3v) is 6.18. The van der Waals surface area contributed by atoms with E-state index in [2.05, 4.69) is 20.5 Å². The fraction of sp³-hybridized carbons (Fsp3) is 0.304. The van der Waals surface area contributed by atoms with Crippen LogP contribution in [-0.2, 0) is 6.42 Å². The molecule has 1 aromatic carbocycles. The number of anilines is 1. The minimum atomic E-state index is -0.365. The Hall–Kier alpha value is -3.10. The van der Waals surface area contributed by atoms with E-state index < -0.39 is 0 Å². The van der Waals surface area contributed by atoms with Crippen LogP contribution in [0.15, 0.2) is 41.3 Å². The highest BCUT2D eigenvalue weighted by Crippen LogP contribution is 2.40. The number of nitrogens with one attached hydrogen (secondary N) is 2. The zero-order valence-electron chi connectivity index (χ0n) is 17.3. The Morgan fingerprint density at radius 2 is 2.06 bits per heavy atom. The van der Waals surface area contributed by atoms with E-state index in [-0.39, 0.29) is 18.2 Å². The van der Waals surface area contributed by atoms with Gasteiger partial charge in [-0.15, -0.1) is 0 Å². The number of halogens is 2. The number of hydrogen-bond donors (Lipinski definition) is 3. The van der Waals surface area contributed by atoms with Crippen molar-refractivity contribution in [2.45, 2.75) is 25.2 Å². The number of nitrogens with two attached hydrogens (primary N) is 1. The van der Waals surface area contributed by atoms with Gasteiger partial charge in [0.15, 0.2) is 11.4 Å². The van der Waals surface area contributed by atoms with E-state index in [9.17, 15) is 4.39 Å². The molecule has 0 spiro atoms. The second-order valence-electron chi connectivity index (χ2n) is 7.92. The summed E-state index contributed by atoms with van der Waals surface area (Å²) in [6, 6.07) is 4.59. The smallest absolute Gasteiger partial charge is 0.205 e. The summed E-state index contributed by atoms with van der Waals surface area (Å²) >= 11 is 5.82. The standard InChI is InChI=1S/C23H23ClFN5O2/c24-15-2-1-13(19(25)9-15)5-8-31-22-21-17(10-28-23(22)26)18(12-32-21)16-11-29-30-20(16)14-3-6-27-7-4-14/h1-2,9-12,14,27H,3-8H2,(H2,26,28)(H,29,30). The minimum Gasteiger partial charge on any atom is -0.486 e. The number of benzene rings is 1. The second kappa shape index (κ2) is 8.80. The van der Waals surface area contributed by atoms with Crippen LogP contribution >= 0.6 is 11.6 Å². The van der Waals surface area contributed by atoms with E-state index >= 15 is 0 Å². The molecule has 0 bridgehead atoms. The molecule has 5 rings (SSSR count). The van der Waals surface area contributed by atoms with Crippen molar-refractivity contribution in [1.29, 1.82) is 0 Å². The highest BCUT2D eigenvalue weighted by atomic mass is 35.5. The molecule has 1 aliphatic rings. The Morgan fingerprint density at radius 1 is 1.22 bits per heavy atom.